The van der Waals surface area contributed by atoms with Crippen molar-refractivity contribution in [3.63, 3.8) is 0 Å². The number of nitrogens with zero attached hydrogens (tertiary/aromatic N) is 1. The summed E-state index contributed by atoms with van der Waals surface area (Å²) in [6, 6.07) is 15.1. The van der Waals surface area contributed by atoms with Crippen molar-refractivity contribution in [1.29, 1.82) is 0 Å². The first kappa shape index (κ1) is 62.8. The van der Waals surface area contributed by atoms with Crippen LogP contribution >= 0.6 is 21.6 Å². The molecule has 0 saturated heterocycles. The Kier molecular flexibility index (Phi) is 29.9. The van der Waals surface area contributed by atoms with Gasteiger partial charge >= 0.3 is 24.0 Å². The number of carbonyl (C=O) groups excluding carboxylic acids is 6. The van der Waals surface area contributed by atoms with Crippen molar-refractivity contribution in [3.05, 3.63) is 151 Å². The van der Waals surface area contributed by atoms with E-state index in [9.17, 15) is 33.9 Å². The van der Waals surface area contributed by atoms with Gasteiger partial charge in [-0.3, -0.25) is 19.4 Å². The molecule has 0 spiro atoms. The molecule has 4 N–H and O–H groups in total. The van der Waals surface area contributed by atoms with Crippen molar-refractivity contribution in [3.8, 4) is 11.5 Å². The molecule has 1 aromatic heterocycles. The molecule has 18 heteroatoms. The number of amides is 3. The molecule has 3 amide bonds. The molecule has 3 rings (SSSR count). The molecule has 1 heterocycles. The molecule has 406 valence electrons. The minimum absolute atomic E-state index is 0.0191. The van der Waals surface area contributed by atoms with E-state index in [0.717, 1.165) is 25.7 Å². The normalized spacial score (nSPS) is 12.8. The van der Waals surface area contributed by atoms with Gasteiger partial charge in [-0.1, -0.05) is 133 Å². The standard InChI is InChI=1S/C57H74N4O12S2/c1-7-8-9-10-11-12-13-14-15-16-17-18-19-20-21-22-33-49(63)69-42-57(5,6)50(51(64)60-36-34-48(62)59-37-39-74-75-40-38-61-55(68)73-56(2,3)4)72-54(67)45-30-24-26-32-47(45)71-53(66)44-29-23-25-31-46(44)70-52(65)43-28-27-35-58-41-43/h8-9,11-12,14-15,17-20,23-32,35,41,50,54,67H,7,10,13,16,21-22,33-34,36-40,42H2,1-6H3,(H,59,62)(H,60,64)(H,61,68). The van der Waals surface area contributed by atoms with Crippen LogP contribution < -0.4 is 25.4 Å². The first-order valence-corrected chi connectivity index (χ1v) is 27.5. The average molecular weight is 1070 g/mol. The molecule has 0 radical (unpaired) electrons. The molecule has 2 atom stereocenters. The average Bonchev–Trinajstić information content (AvgIpc) is 3.37. The zero-order valence-corrected chi connectivity index (χ0v) is 45.6. The quantitative estimate of drug-likeness (QED) is 0.00848. The van der Waals surface area contributed by atoms with Crippen LogP contribution in [0.2, 0.25) is 0 Å². The minimum atomic E-state index is -1.86. The van der Waals surface area contributed by atoms with Gasteiger partial charge in [0.15, 0.2) is 6.29 Å². The van der Waals surface area contributed by atoms with E-state index in [1.165, 1.54) is 64.3 Å². The van der Waals surface area contributed by atoms with Crippen molar-refractivity contribution in [1.82, 2.24) is 20.9 Å². The Balaban J connectivity index is 1.61. The number of benzene rings is 2. The molecule has 2 aromatic carbocycles. The van der Waals surface area contributed by atoms with Crippen LogP contribution in [0.15, 0.2) is 134 Å². The fourth-order valence-corrected chi connectivity index (χ4v) is 8.25. The summed E-state index contributed by atoms with van der Waals surface area (Å²) >= 11 is 0. The van der Waals surface area contributed by atoms with Gasteiger partial charge in [-0.2, -0.15) is 0 Å². The summed E-state index contributed by atoms with van der Waals surface area (Å²) in [7, 11) is 3.07. The van der Waals surface area contributed by atoms with Gasteiger partial charge in [0.05, 0.1) is 17.7 Å². The largest absolute Gasteiger partial charge is 0.465 e. The number of aromatic nitrogens is 1. The maximum Gasteiger partial charge on any atom is 0.407 e. The number of allylic oxidation sites excluding steroid dienone is 10. The van der Waals surface area contributed by atoms with Gasteiger partial charge in [0.1, 0.15) is 28.8 Å². The number of alkyl carbamates (subject to hydrolysis) is 1. The second kappa shape index (κ2) is 35.7. The van der Waals surface area contributed by atoms with Gasteiger partial charge in [-0.05, 0) is 89.6 Å². The fraction of sp³-hybridized carbons (Fsp3) is 0.421. The number of pyridine rings is 1. The third kappa shape index (κ3) is 27.1. The SMILES string of the molecule is CCC=CCC=CCC=CCC=CC=CCCCC(=O)OCC(C)(C)C(OC(O)c1ccccc1OC(=O)c1ccccc1OC(=O)c1cccnc1)C(=O)NCCC(=O)NCCSSCCNC(=O)OC(C)(C)C. The van der Waals surface area contributed by atoms with E-state index in [-0.39, 0.29) is 60.1 Å². The first-order valence-electron chi connectivity index (χ1n) is 25.0. The summed E-state index contributed by atoms with van der Waals surface area (Å²) in [6.07, 6.45) is 24.7. The van der Waals surface area contributed by atoms with Crippen molar-refractivity contribution < 1.29 is 57.6 Å². The number of hydrogen-bond donors (Lipinski definition) is 4. The number of hydrogen-bond acceptors (Lipinski definition) is 15. The maximum atomic E-state index is 14.0. The van der Waals surface area contributed by atoms with Crippen LogP contribution in [-0.4, -0.2) is 95.4 Å². The van der Waals surface area contributed by atoms with Crippen LogP contribution in [-0.2, 0) is 28.6 Å². The summed E-state index contributed by atoms with van der Waals surface area (Å²) in [5.74, 6) is -2.11. The number of unbranched alkanes of at least 4 members (excludes halogenated alkanes) is 1. The van der Waals surface area contributed by atoms with Crippen LogP contribution in [0.1, 0.15) is 125 Å². The van der Waals surface area contributed by atoms with Gasteiger partial charge < -0.3 is 44.7 Å². The molecule has 0 bridgehead atoms. The van der Waals surface area contributed by atoms with Gasteiger partial charge in [-0.15, -0.1) is 0 Å². The Morgan fingerprint density at radius 1 is 0.693 bits per heavy atom. The Morgan fingerprint density at radius 2 is 1.32 bits per heavy atom. The third-order valence-electron chi connectivity index (χ3n) is 10.2. The molecule has 16 nitrogen and oxygen atoms in total. The number of rotatable bonds is 33. The van der Waals surface area contributed by atoms with Crippen molar-refractivity contribution >= 4 is 57.4 Å². The lowest BCUT2D eigenvalue weighted by Crippen LogP contribution is -2.49. The van der Waals surface area contributed by atoms with E-state index < -0.39 is 53.3 Å². The Hall–Kier alpha value is -6.47. The fourth-order valence-electron chi connectivity index (χ4n) is 6.44. The smallest absolute Gasteiger partial charge is 0.407 e. The van der Waals surface area contributed by atoms with Crippen LogP contribution in [0.3, 0.4) is 0 Å². The van der Waals surface area contributed by atoms with Crippen molar-refractivity contribution in [2.45, 2.75) is 111 Å². The number of para-hydroxylation sites is 2. The summed E-state index contributed by atoms with van der Waals surface area (Å²) in [5.41, 5.74) is -1.77. The van der Waals surface area contributed by atoms with E-state index in [0.29, 0.717) is 37.4 Å². The van der Waals surface area contributed by atoms with Gasteiger partial charge in [0.2, 0.25) is 11.8 Å². The monoisotopic (exact) mass is 1070 g/mol. The van der Waals surface area contributed by atoms with E-state index >= 15 is 0 Å². The lowest BCUT2D eigenvalue weighted by molar-refractivity contribution is -0.190. The van der Waals surface area contributed by atoms with Crippen LogP contribution in [0.4, 0.5) is 4.79 Å². The molecule has 0 aliphatic carbocycles. The Bertz CT molecular complexity index is 2400. The number of carbonyl (C=O) groups is 6. The maximum absolute atomic E-state index is 14.0. The number of aliphatic hydroxyl groups is 1. The lowest BCUT2D eigenvalue weighted by atomic mass is 9.86. The highest BCUT2D eigenvalue weighted by Crippen LogP contribution is 2.33. The molecule has 2 unspecified atom stereocenters. The highest BCUT2D eigenvalue weighted by molar-refractivity contribution is 8.76. The Morgan fingerprint density at radius 3 is 2.00 bits per heavy atom. The molecule has 0 fully saturated rings. The second-order valence-electron chi connectivity index (χ2n) is 18.3. The minimum Gasteiger partial charge on any atom is -0.465 e. The van der Waals surface area contributed by atoms with E-state index in [2.05, 4.69) is 70.4 Å². The lowest BCUT2D eigenvalue weighted by Gasteiger charge is -2.34. The number of aliphatic hydroxyl groups excluding tert-OH is 1. The van der Waals surface area contributed by atoms with Crippen LogP contribution in [0.5, 0.6) is 11.5 Å². The Labute approximate surface area is 450 Å². The summed E-state index contributed by atoms with van der Waals surface area (Å²) < 4.78 is 28.2. The van der Waals surface area contributed by atoms with E-state index in [4.69, 9.17) is 23.7 Å². The molecule has 0 saturated carbocycles. The predicted molar refractivity (Wildman–Crippen MR) is 295 cm³/mol. The molecule has 3 aromatic rings. The predicted octanol–water partition coefficient (Wildman–Crippen LogP) is 10.5. The summed E-state index contributed by atoms with van der Waals surface area (Å²) in [6.45, 7) is 11.2. The molecule has 0 aliphatic heterocycles. The van der Waals surface area contributed by atoms with Gasteiger partial charge in [0.25, 0.3) is 0 Å². The van der Waals surface area contributed by atoms with E-state index in [1.54, 1.807) is 65.0 Å². The molecule has 0 aliphatic rings. The summed E-state index contributed by atoms with van der Waals surface area (Å²) in [4.78, 5) is 81.9. The molecule has 75 heavy (non-hydrogen) atoms. The van der Waals surface area contributed by atoms with Crippen molar-refractivity contribution in [2.75, 3.05) is 37.7 Å². The second-order valence-corrected chi connectivity index (χ2v) is 21.0. The van der Waals surface area contributed by atoms with Crippen LogP contribution in [0, 0.1) is 5.41 Å². The van der Waals surface area contributed by atoms with E-state index in [1.807, 2.05) is 18.2 Å². The van der Waals surface area contributed by atoms with Gasteiger partial charge in [0, 0.05) is 61.8 Å². The summed E-state index contributed by atoms with van der Waals surface area (Å²) in [5, 5.41) is 19.9. The topological polar surface area (TPSA) is 218 Å². The first-order chi connectivity index (χ1) is 36.0. The number of nitrogens with one attached hydrogen (secondary N) is 3. The van der Waals surface area contributed by atoms with Crippen molar-refractivity contribution in [2.24, 2.45) is 5.41 Å². The zero-order chi connectivity index (χ0) is 54.7. The number of ether oxygens (including phenoxy) is 5. The molecular formula is C57H74N4O12S2. The number of esters is 3. The highest BCUT2D eigenvalue weighted by atomic mass is 33.1. The zero-order valence-electron chi connectivity index (χ0n) is 44.0. The third-order valence-corrected chi connectivity index (χ3v) is 12.6. The van der Waals surface area contributed by atoms with Crippen LogP contribution in [0.25, 0.3) is 0 Å². The van der Waals surface area contributed by atoms with Gasteiger partial charge in [-0.25, -0.2) is 14.4 Å². The highest BCUT2D eigenvalue weighted by Gasteiger charge is 2.40. The molecular weight excluding hydrogens is 997 g/mol.